The van der Waals surface area contributed by atoms with Crippen LogP contribution in [-0.2, 0) is 0 Å². The van der Waals surface area contributed by atoms with Crippen LogP contribution in [0.4, 0.5) is 0 Å². The third kappa shape index (κ3) is 3.46. The number of nitrogens with zero attached hydrogens (tertiary/aromatic N) is 1. The molecule has 0 spiro atoms. The van der Waals surface area contributed by atoms with Crippen LogP contribution in [0.5, 0.6) is 0 Å². The van der Waals surface area contributed by atoms with Crippen molar-refractivity contribution in [3.63, 3.8) is 0 Å². The predicted octanol–water partition coefficient (Wildman–Crippen LogP) is 2.89. The lowest BCUT2D eigenvalue weighted by Gasteiger charge is -2.34. The SMILES string of the molecule is CCCC(NC)C(CC)N1CCC(CC)C1. The number of hydrogen-bond donors (Lipinski definition) is 1. The van der Waals surface area contributed by atoms with Gasteiger partial charge in [0, 0.05) is 18.6 Å². The maximum absolute atomic E-state index is 3.52. The molecule has 96 valence electrons. The number of likely N-dealkylation sites (N-methyl/N-ethyl adjacent to an activating group) is 1. The molecular formula is C14H30N2. The Bertz CT molecular complexity index is 182. The van der Waals surface area contributed by atoms with Crippen LogP contribution in [0.25, 0.3) is 0 Å². The van der Waals surface area contributed by atoms with Crippen LogP contribution in [0.1, 0.15) is 52.9 Å². The van der Waals surface area contributed by atoms with E-state index in [0.29, 0.717) is 6.04 Å². The monoisotopic (exact) mass is 226 g/mol. The van der Waals surface area contributed by atoms with Crippen molar-refractivity contribution >= 4 is 0 Å². The van der Waals surface area contributed by atoms with E-state index < -0.39 is 0 Å². The maximum Gasteiger partial charge on any atom is 0.0246 e. The Labute approximate surface area is 102 Å². The second-order valence-corrected chi connectivity index (χ2v) is 5.22. The van der Waals surface area contributed by atoms with Crippen LogP contribution in [0, 0.1) is 5.92 Å². The molecule has 1 rings (SSSR count). The molecule has 1 N–H and O–H groups in total. The summed E-state index contributed by atoms with van der Waals surface area (Å²) in [6.07, 6.45) is 6.64. The molecule has 0 aromatic heterocycles. The normalized spacial score (nSPS) is 25.9. The summed E-state index contributed by atoms with van der Waals surface area (Å²) in [6, 6.07) is 1.44. The van der Waals surface area contributed by atoms with E-state index in [-0.39, 0.29) is 0 Å². The average Bonchev–Trinajstić information content (AvgIpc) is 2.77. The van der Waals surface area contributed by atoms with Gasteiger partial charge in [-0.1, -0.05) is 33.6 Å². The first-order valence-corrected chi connectivity index (χ1v) is 7.18. The molecule has 3 atom stereocenters. The van der Waals surface area contributed by atoms with E-state index in [1.807, 2.05) is 0 Å². The van der Waals surface area contributed by atoms with Gasteiger partial charge in [0.15, 0.2) is 0 Å². The highest BCUT2D eigenvalue weighted by atomic mass is 15.2. The highest BCUT2D eigenvalue weighted by Gasteiger charge is 2.30. The van der Waals surface area contributed by atoms with Crippen LogP contribution in [0.15, 0.2) is 0 Å². The number of likely N-dealkylation sites (tertiary alicyclic amines) is 1. The third-order valence-corrected chi connectivity index (χ3v) is 4.22. The van der Waals surface area contributed by atoms with E-state index in [0.717, 1.165) is 12.0 Å². The van der Waals surface area contributed by atoms with Crippen molar-refractivity contribution in [2.24, 2.45) is 5.92 Å². The van der Waals surface area contributed by atoms with E-state index >= 15 is 0 Å². The molecule has 0 aromatic carbocycles. The Morgan fingerprint density at radius 2 is 2.06 bits per heavy atom. The largest absolute Gasteiger partial charge is 0.315 e. The first-order chi connectivity index (χ1) is 7.76. The topological polar surface area (TPSA) is 15.3 Å². The van der Waals surface area contributed by atoms with Gasteiger partial charge >= 0.3 is 0 Å². The summed E-state index contributed by atoms with van der Waals surface area (Å²) in [6.45, 7) is 9.60. The standard InChI is InChI=1S/C14H30N2/c1-5-8-13(15-4)14(7-3)16-10-9-12(6-2)11-16/h12-15H,5-11H2,1-4H3. The van der Waals surface area contributed by atoms with Crippen LogP contribution in [0.3, 0.4) is 0 Å². The quantitative estimate of drug-likeness (QED) is 0.718. The van der Waals surface area contributed by atoms with Gasteiger partial charge < -0.3 is 5.32 Å². The van der Waals surface area contributed by atoms with E-state index in [1.165, 1.54) is 45.2 Å². The van der Waals surface area contributed by atoms with Crippen LogP contribution in [-0.4, -0.2) is 37.1 Å². The zero-order chi connectivity index (χ0) is 12.0. The van der Waals surface area contributed by atoms with E-state index in [9.17, 15) is 0 Å². The van der Waals surface area contributed by atoms with Crippen LogP contribution < -0.4 is 5.32 Å². The molecule has 1 aliphatic rings. The van der Waals surface area contributed by atoms with Crippen molar-refractivity contribution in [2.75, 3.05) is 20.1 Å². The molecule has 0 amide bonds. The first-order valence-electron chi connectivity index (χ1n) is 7.18. The molecule has 1 saturated heterocycles. The van der Waals surface area contributed by atoms with Crippen molar-refractivity contribution in [1.29, 1.82) is 0 Å². The lowest BCUT2D eigenvalue weighted by molar-refractivity contribution is 0.177. The summed E-state index contributed by atoms with van der Waals surface area (Å²) in [4.78, 5) is 2.73. The van der Waals surface area contributed by atoms with Crippen molar-refractivity contribution in [2.45, 2.75) is 65.0 Å². The summed E-state index contributed by atoms with van der Waals surface area (Å²) in [7, 11) is 2.12. The smallest absolute Gasteiger partial charge is 0.0246 e. The van der Waals surface area contributed by atoms with Gasteiger partial charge in [-0.05, 0) is 38.8 Å². The second kappa shape index (κ2) is 7.29. The number of rotatable bonds is 7. The van der Waals surface area contributed by atoms with E-state index in [2.05, 4.69) is 38.0 Å². The molecule has 1 aliphatic heterocycles. The summed E-state index contributed by atoms with van der Waals surface area (Å²) >= 11 is 0. The number of hydrogen-bond acceptors (Lipinski definition) is 2. The molecule has 2 heteroatoms. The van der Waals surface area contributed by atoms with Crippen LogP contribution >= 0.6 is 0 Å². The first kappa shape index (κ1) is 14.0. The van der Waals surface area contributed by atoms with Crippen molar-refractivity contribution in [3.05, 3.63) is 0 Å². The summed E-state index contributed by atoms with van der Waals surface area (Å²) in [5.74, 6) is 0.952. The lowest BCUT2D eigenvalue weighted by Crippen LogP contribution is -2.47. The van der Waals surface area contributed by atoms with Crippen LogP contribution in [0.2, 0.25) is 0 Å². The molecule has 0 radical (unpaired) electrons. The maximum atomic E-state index is 3.52. The summed E-state index contributed by atoms with van der Waals surface area (Å²) in [5, 5.41) is 3.52. The third-order valence-electron chi connectivity index (χ3n) is 4.22. The van der Waals surface area contributed by atoms with E-state index in [4.69, 9.17) is 0 Å². The minimum absolute atomic E-state index is 0.686. The fourth-order valence-electron chi connectivity index (χ4n) is 3.13. The van der Waals surface area contributed by atoms with Gasteiger partial charge in [0.2, 0.25) is 0 Å². The van der Waals surface area contributed by atoms with Crippen molar-refractivity contribution in [1.82, 2.24) is 10.2 Å². The molecule has 1 fully saturated rings. The Morgan fingerprint density at radius 3 is 2.50 bits per heavy atom. The average molecular weight is 226 g/mol. The van der Waals surface area contributed by atoms with Crippen molar-refractivity contribution < 1.29 is 0 Å². The van der Waals surface area contributed by atoms with Gasteiger partial charge in [0.05, 0.1) is 0 Å². The molecule has 0 aromatic rings. The molecule has 0 saturated carbocycles. The minimum Gasteiger partial charge on any atom is -0.315 e. The summed E-state index contributed by atoms with van der Waals surface area (Å²) in [5.41, 5.74) is 0. The van der Waals surface area contributed by atoms with E-state index in [1.54, 1.807) is 0 Å². The Balaban J connectivity index is 2.52. The van der Waals surface area contributed by atoms with Crippen molar-refractivity contribution in [3.8, 4) is 0 Å². The zero-order valence-electron chi connectivity index (χ0n) is 11.6. The Hall–Kier alpha value is -0.0800. The molecule has 16 heavy (non-hydrogen) atoms. The Morgan fingerprint density at radius 1 is 1.31 bits per heavy atom. The van der Waals surface area contributed by atoms with Gasteiger partial charge in [-0.15, -0.1) is 0 Å². The lowest BCUT2D eigenvalue weighted by atomic mass is 9.99. The van der Waals surface area contributed by atoms with Gasteiger partial charge in [0.1, 0.15) is 0 Å². The van der Waals surface area contributed by atoms with Gasteiger partial charge in [-0.2, -0.15) is 0 Å². The Kier molecular flexibility index (Phi) is 6.37. The molecule has 0 aliphatic carbocycles. The fourth-order valence-corrected chi connectivity index (χ4v) is 3.13. The van der Waals surface area contributed by atoms with Gasteiger partial charge in [-0.25, -0.2) is 0 Å². The highest BCUT2D eigenvalue weighted by molar-refractivity contribution is 4.87. The molecule has 3 unspecified atom stereocenters. The molecule has 2 nitrogen and oxygen atoms in total. The summed E-state index contributed by atoms with van der Waals surface area (Å²) < 4.78 is 0. The molecule has 0 bridgehead atoms. The molecule has 1 heterocycles. The highest BCUT2D eigenvalue weighted by Crippen LogP contribution is 2.24. The zero-order valence-corrected chi connectivity index (χ0v) is 11.6. The minimum atomic E-state index is 0.686. The van der Waals surface area contributed by atoms with Gasteiger partial charge in [-0.3, -0.25) is 4.90 Å². The second-order valence-electron chi connectivity index (χ2n) is 5.22. The number of nitrogens with one attached hydrogen (secondary N) is 1. The predicted molar refractivity (Wildman–Crippen MR) is 71.8 cm³/mol. The molecular weight excluding hydrogens is 196 g/mol. The fraction of sp³-hybridized carbons (Fsp3) is 1.00. The van der Waals surface area contributed by atoms with Gasteiger partial charge in [0.25, 0.3) is 0 Å².